The molecule has 0 aromatic rings. The highest BCUT2D eigenvalue weighted by atomic mass is 16.1. The first kappa shape index (κ1) is 11.9. The van der Waals surface area contributed by atoms with E-state index in [9.17, 15) is 4.79 Å². The minimum absolute atomic E-state index is 0.288. The Kier molecular flexibility index (Phi) is 2.98. The van der Waals surface area contributed by atoms with Gasteiger partial charge in [0.2, 0.25) is 0 Å². The molecule has 0 spiro atoms. The van der Waals surface area contributed by atoms with Gasteiger partial charge in [-0.3, -0.25) is 4.79 Å². The summed E-state index contributed by atoms with van der Waals surface area (Å²) in [6.45, 7) is 11.0. The van der Waals surface area contributed by atoms with Crippen LogP contribution in [0.4, 0.5) is 0 Å². The van der Waals surface area contributed by atoms with Gasteiger partial charge in [0.1, 0.15) is 5.78 Å². The Morgan fingerprint density at radius 2 is 2.12 bits per heavy atom. The van der Waals surface area contributed by atoms with Gasteiger partial charge in [0, 0.05) is 12.3 Å². The van der Waals surface area contributed by atoms with Crippen LogP contribution in [0.5, 0.6) is 0 Å². The molecule has 0 radical (unpaired) electrons. The fourth-order valence-electron chi connectivity index (χ4n) is 3.84. The fraction of sp³-hybridized carbons (Fsp3) is 0.800. The summed E-state index contributed by atoms with van der Waals surface area (Å²) in [5.74, 6) is 1.79. The largest absolute Gasteiger partial charge is 0.299 e. The lowest BCUT2D eigenvalue weighted by molar-refractivity contribution is -0.129. The molecule has 0 saturated heterocycles. The summed E-state index contributed by atoms with van der Waals surface area (Å²) in [6.07, 6.45) is 5.56. The Bertz CT molecular complexity index is 315. The Morgan fingerprint density at radius 1 is 1.44 bits per heavy atom. The lowest BCUT2D eigenvalue weighted by Crippen LogP contribution is -2.37. The van der Waals surface area contributed by atoms with Crippen molar-refractivity contribution in [3.63, 3.8) is 0 Å². The summed E-state index contributed by atoms with van der Waals surface area (Å²) in [7, 11) is 0. The summed E-state index contributed by atoms with van der Waals surface area (Å²) in [5.41, 5.74) is 1.60. The average molecular weight is 220 g/mol. The van der Waals surface area contributed by atoms with Crippen molar-refractivity contribution in [3.05, 3.63) is 12.2 Å². The molecule has 0 unspecified atom stereocenters. The SMILES string of the molecule is C=C(C(C)C)[C@H]1CC[C@@]2(C)CCCC(=O)[C@H]12. The molecule has 0 aromatic heterocycles. The van der Waals surface area contributed by atoms with Crippen molar-refractivity contribution in [3.8, 4) is 0 Å². The zero-order valence-corrected chi connectivity index (χ0v) is 10.9. The van der Waals surface area contributed by atoms with E-state index in [1.165, 1.54) is 24.8 Å². The first-order valence-electron chi connectivity index (χ1n) is 6.67. The van der Waals surface area contributed by atoms with Crippen LogP contribution < -0.4 is 0 Å². The monoisotopic (exact) mass is 220 g/mol. The van der Waals surface area contributed by atoms with E-state index in [-0.39, 0.29) is 11.3 Å². The van der Waals surface area contributed by atoms with Crippen LogP contribution in [-0.2, 0) is 4.79 Å². The van der Waals surface area contributed by atoms with E-state index >= 15 is 0 Å². The second kappa shape index (κ2) is 4.01. The van der Waals surface area contributed by atoms with Gasteiger partial charge >= 0.3 is 0 Å². The van der Waals surface area contributed by atoms with Gasteiger partial charge in [-0.05, 0) is 42.9 Å². The highest BCUT2D eigenvalue weighted by molar-refractivity contribution is 5.83. The molecule has 3 atom stereocenters. The number of fused-ring (bicyclic) bond motifs is 1. The third kappa shape index (κ3) is 1.74. The molecule has 2 aliphatic carbocycles. The Hall–Kier alpha value is -0.590. The van der Waals surface area contributed by atoms with Crippen LogP contribution in [-0.4, -0.2) is 5.78 Å². The lowest BCUT2D eigenvalue weighted by atomic mass is 9.65. The molecular weight excluding hydrogens is 196 g/mol. The fourth-order valence-corrected chi connectivity index (χ4v) is 3.84. The van der Waals surface area contributed by atoms with Crippen LogP contribution in [0.15, 0.2) is 12.2 Å². The molecule has 1 heteroatoms. The standard InChI is InChI=1S/C15H24O/c1-10(2)11(3)12-7-9-15(4)8-5-6-13(16)14(12)15/h10,12,14H,3,5-9H2,1-2,4H3/t12-,14+,15-/m1/s1. The van der Waals surface area contributed by atoms with E-state index in [1.54, 1.807) is 0 Å². The highest BCUT2D eigenvalue weighted by Crippen LogP contribution is 2.55. The molecule has 0 amide bonds. The predicted octanol–water partition coefficient (Wildman–Crippen LogP) is 3.98. The molecule has 2 fully saturated rings. The zero-order chi connectivity index (χ0) is 11.9. The average Bonchev–Trinajstić information content (AvgIpc) is 2.55. The van der Waals surface area contributed by atoms with Gasteiger partial charge in [-0.25, -0.2) is 0 Å². The van der Waals surface area contributed by atoms with Crippen LogP contribution in [0.3, 0.4) is 0 Å². The predicted molar refractivity (Wildman–Crippen MR) is 67.2 cm³/mol. The number of hydrogen-bond donors (Lipinski definition) is 0. The van der Waals surface area contributed by atoms with E-state index in [2.05, 4.69) is 27.4 Å². The summed E-state index contributed by atoms with van der Waals surface area (Å²) in [4.78, 5) is 12.2. The van der Waals surface area contributed by atoms with E-state index in [4.69, 9.17) is 0 Å². The molecule has 0 aliphatic heterocycles. The molecule has 2 rings (SSSR count). The van der Waals surface area contributed by atoms with Crippen LogP contribution in [0.25, 0.3) is 0 Å². The first-order chi connectivity index (χ1) is 7.46. The van der Waals surface area contributed by atoms with Crippen molar-refractivity contribution in [2.24, 2.45) is 23.2 Å². The van der Waals surface area contributed by atoms with Crippen molar-refractivity contribution in [1.29, 1.82) is 0 Å². The van der Waals surface area contributed by atoms with Gasteiger partial charge in [-0.1, -0.05) is 32.9 Å². The second-order valence-corrected chi connectivity index (χ2v) is 6.33. The van der Waals surface area contributed by atoms with Gasteiger partial charge in [0.05, 0.1) is 0 Å². The Labute approximate surface area is 99.3 Å². The molecule has 2 aliphatic rings. The second-order valence-electron chi connectivity index (χ2n) is 6.33. The molecule has 0 heterocycles. The number of carbonyl (C=O) groups is 1. The Balaban J connectivity index is 2.24. The highest BCUT2D eigenvalue weighted by Gasteiger charge is 2.50. The van der Waals surface area contributed by atoms with Gasteiger partial charge < -0.3 is 0 Å². The van der Waals surface area contributed by atoms with Gasteiger partial charge in [0.15, 0.2) is 0 Å². The van der Waals surface area contributed by atoms with Crippen molar-refractivity contribution < 1.29 is 4.79 Å². The number of rotatable bonds is 2. The summed E-state index contributed by atoms with van der Waals surface area (Å²) < 4.78 is 0. The minimum Gasteiger partial charge on any atom is -0.299 e. The summed E-state index contributed by atoms with van der Waals surface area (Å²) in [6, 6.07) is 0. The molecule has 16 heavy (non-hydrogen) atoms. The third-order valence-electron chi connectivity index (χ3n) is 4.92. The number of allylic oxidation sites excluding steroid dienone is 1. The molecule has 90 valence electrons. The Morgan fingerprint density at radius 3 is 2.75 bits per heavy atom. The maximum absolute atomic E-state index is 12.2. The van der Waals surface area contributed by atoms with E-state index in [0.717, 1.165) is 12.8 Å². The number of ketones is 1. The molecule has 1 nitrogen and oxygen atoms in total. The minimum atomic E-state index is 0.288. The smallest absolute Gasteiger partial charge is 0.137 e. The lowest BCUT2D eigenvalue weighted by Gasteiger charge is -2.38. The van der Waals surface area contributed by atoms with Crippen molar-refractivity contribution in [2.75, 3.05) is 0 Å². The number of hydrogen-bond acceptors (Lipinski definition) is 1. The zero-order valence-electron chi connectivity index (χ0n) is 10.9. The number of Topliss-reactive ketones (excluding diaryl/α,β-unsaturated/α-hetero) is 1. The summed E-state index contributed by atoms with van der Waals surface area (Å²) in [5, 5.41) is 0. The number of carbonyl (C=O) groups excluding carboxylic acids is 1. The maximum Gasteiger partial charge on any atom is 0.137 e. The van der Waals surface area contributed by atoms with E-state index < -0.39 is 0 Å². The maximum atomic E-state index is 12.2. The topological polar surface area (TPSA) is 17.1 Å². The van der Waals surface area contributed by atoms with Crippen molar-refractivity contribution in [2.45, 2.75) is 52.9 Å². The van der Waals surface area contributed by atoms with Crippen molar-refractivity contribution in [1.82, 2.24) is 0 Å². The van der Waals surface area contributed by atoms with Crippen LogP contribution in [0, 0.1) is 23.2 Å². The van der Waals surface area contributed by atoms with Crippen molar-refractivity contribution >= 4 is 5.78 Å². The molecule has 2 saturated carbocycles. The first-order valence-corrected chi connectivity index (χ1v) is 6.67. The molecule has 0 aromatic carbocycles. The summed E-state index contributed by atoms with van der Waals surface area (Å²) >= 11 is 0. The molecule has 0 bridgehead atoms. The molecule has 0 N–H and O–H groups in total. The van der Waals surface area contributed by atoms with E-state index in [1.807, 2.05) is 0 Å². The van der Waals surface area contributed by atoms with Crippen LogP contribution in [0.2, 0.25) is 0 Å². The van der Waals surface area contributed by atoms with Crippen LogP contribution in [0.1, 0.15) is 52.9 Å². The molecular formula is C15H24O. The van der Waals surface area contributed by atoms with E-state index in [0.29, 0.717) is 17.6 Å². The van der Waals surface area contributed by atoms with Crippen LogP contribution >= 0.6 is 0 Å². The van der Waals surface area contributed by atoms with Gasteiger partial charge in [-0.15, -0.1) is 0 Å². The normalized spacial score (nSPS) is 38.9. The quantitative estimate of drug-likeness (QED) is 0.643. The van der Waals surface area contributed by atoms with Gasteiger partial charge in [-0.2, -0.15) is 0 Å². The van der Waals surface area contributed by atoms with Gasteiger partial charge in [0.25, 0.3) is 0 Å². The third-order valence-corrected chi connectivity index (χ3v) is 4.92.